The number of nitrogens with zero attached hydrogens (tertiary/aromatic N) is 2. The Hall–Kier alpha value is -1.56. The standard InChI is InChI=1S/C15H19N3O5S2/c1-18-9-12(14(17-18)11-5-4-8-24-11)25(19,20)16-10-15(22-3)7-6-13(21-2)23-15/h4-9,13,16H,10H2,1-3H3. The number of sulfonamides is 1. The monoisotopic (exact) mass is 385 g/mol. The number of aryl methyl sites for hydroxylation is 1. The van der Waals surface area contributed by atoms with Gasteiger partial charge in [0.25, 0.3) is 0 Å². The van der Waals surface area contributed by atoms with Crippen molar-refractivity contribution >= 4 is 21.4 Å². The summed E-state index contributed by atoms with van der Waals surface area (Å²) in [4.78, 5) is 0.882. The zero-order chi connectivity index (χ0) is 18.1. The van der Waals surface area contributed by atoms with Gasteiger partial charge in [-0.25, -0.2) is 13.1 Å². The molecule has 25 heavy (non-hydrogen) atoms. The highest BCUT2D eigenvalue weighted by molar-refractivity contribution is 7.89. The van der Waals surface area contributed by atoms with E-state index >= 15 is 0 Å². The summed E-state index contributed by atoms with van der Waals surface area (Å²) in [6.45, 7) is -0.0963. The van der Waals surface area contributed by atoms with Crippen molar-refractivity contribution in [2.24, 2.45) is 7.05 Å². The largest absolute Gasteiger partial charge is 0.352 e. The number of hydrogen-bond donors (Lipinski definition) is 1. The van der Waals surface area contributed by atoms with Crippen LogP contribution in [-0.2, 0) is 31.3 Å². The van der Waals surface area contributed by atoms with Crippen LogP contribution in [0, 0.1) is 0 Å². The van der Waals surface area contributed by atoms with Crippen LogP contribution in [0.4, 0.5) is 0 Å². The van der Waals surface area contributed by atoms with Crippen molar-refractivity contribution in [2.75, 3.05) is 20.8 Å². The van der Waals surface area contributed by atoms with E-state index in [9.17, 15) is 8.42 Å². The van der Waals surface area contributed by atoms with Gasteiger partial charge < -0.3 is 14.2 Å². The third-order valence-corrected chi connectivity index (χ3v) is 6.03. The molecule has 2 atom stereocenters. The van der Waals surface area contributed by atoms with Crippen LogP contribution < -0.4 is 4.72 Å². The van der Waals surface area contributed by atoms with Crippen LogP contribution >= 0.6 is 11.3 Å². The Morgan fingerprint density at radius 2 is 2.28 bits per heavy atom. The molecule has 0 spiro atoms. The summed E-state index contributed by atoms with van der Waals surface area (Å²) in [5.41, 5.74) is 0.411. The van der Waals surface area contributed by atoms with Crippen molar-refractivity contribution in [1.82, 2.24) is 14.5 Å². The smallest absolute Gasteiger partial charge is 0.244 e. The van der Waals surface area contributed by atoms with Gasteiger partial charge in [0.15, 0.2) is 6.29 Å². The van der Waals surface area contributed by atoms with Crippen LogP contribution in [0.2, 0.25) is 0 Å². The normalized spacial score (nSPS) is 23.4. The topological polar surface area (TPSA) is 91.7 Å². The Labute approximate surface area is 150 Å². The maximum atomic E-state index is 12.8. The fourth-order valence-electron chi connectivity index (χ4n) is 2.44. The molecule has 0 aromatic carbocycles. The van der Waals surface area contributed by atoms with Crippen molar-refractivity contribution in [3.8, 4) is 10.6 Å². The van der Waals surface area contributed by atoms with E-state index in [1.807, 2.05) is 17.5 Å². The van der Waals surface area contributed by atoms with Gasteiger partial charge in [0.05, 0.1) is 11.4 Å². The van der Waals surface area contributed by atoms with E-state index in [4.69, 9.17) is 14.2 Å². The molecule has 1 aliphatic rings. The number of methoxy groups -OCH3 is 2. The molecule has 1 N–H and O–H groups in total. The van der Waals surface area contributed by atoms with Gasteiger partial charge in [-0.15, -0.1) is 11.3 Å². The Kier molecular flexibility index (Phi) is 5.09. The van der Waals surface area contributed by atoms with Gasteiger partial charge in [-0.2, -0.15) is 5.10 Å². The second-order valence-corrected chi connectivity index (χ2v) is 8.10. The third-order valence-electron chi connectivity index (χ3n) is 3.75. The molecule has 0 saturated carbocycles. The predicted octanol–water partition coefficient (Wildman–Crippen LogP) is 1.33. The fourth-order valence-corrected chi connectivity index (χ4v) is 4.47. The number of hydrogen-bond acceptors (Lipinski definition) is 7. The fraction of sp³-hybridized carbons (Fsp3) is 0.400. The lowest BCUT2D eigenvalue weighted by Crippen LogP contribution is -2.44. The summed E-state index contributed by atoms with van der Waals surface area (Å²) in [7, 11) is 0.798. The highest BCUT2D eigenvalue weighted by Crippen LogP contribution is 2.30. The molecular weight excluding hydrogens is 366 g/mol. The molecule has 0 aliphatic carbocycles. The van der Waals surface area contributed by atoms with Gasteiger partial charge in [-0.3, -0.25) is 4.68 Å². The summed E-state index contributed by atoms with van der Waals surface area (Å²) < 4.78 is 45.6. The quantitative estimate of drug-likeness (QED) is 0.723. The molecule has 8 nitrogen and oxygen atoms in total. The molecule has 0 amide bonds. The zero-order valence-corrected chi connectivity index (χ0v) is 15.6. The predicted molar refractivity (Wildman–Crippen MR) is 92.5 cm³/mol. The summed E-state index contributed by atoms with van der Waals surface area (Å²) >= 11 is 1.42. The average molecular weight is 385 g/mol. The lowest BCUT2D eigenvalue weighted by molar-refractivity contribution is -0.237. The molecule has 0 fully saturated rings. The van der Waals surface area contributed by atoms with Gasteiger partial charge in [0.1, 0.15) is 10.6 Å². The maximum absolute atomic E-state index is 12.8. The molecule has 2 aromatic heterocycles. The number of ether oxygens (including phenoxy) is 3. The minimum Gasteiger partial charge on any atom is -0.352 e. The first-order chi connectivity index (χ1) is 11.9. The minimum absolute atomic E-state index is 0.0963. The average Bonchev–Trinajstić information content (AvgIpc) is 3.32. The second-order valence-electron chi connectivity index (χ2n) is 5.41. The Bertz CT molecular complexity index is 860. The maximum Gasteiger partial charge on any atom is 0.244 e. The summed E-state index contributed by atoms with van der Waals surface area (Å²) in [5.74, 6) is -1.21. The molecule has 0 bridgehead atoms. The summed E-state index contributed by atoms with van der Waals surface area (Å²) in [5, 5.41) is 6.14. The van der Waals surface area contributed by atoms with Crippen molar-refractivity contribution in [3.05, 3.63) is 35.9 Å². The number of thiophene rings is 1. The molecule has 10 heteroatoms. The molecule has 3 heterocycles. The molecule has 0 saturated heterocycles. The molecule has 2 unspecified atom stereocenters. The van der Waals surface area contributed by atoms with Crippen molar-refractivity contribution in [3.63, 3.8) is 0 Å². The van der Waals surface area contributed by atoms with Crippen LogP contribution in [0.25, 0.3) is 10.6 Å². The Morgan fingerprint density at radius 3 is 2.88 bits per heavy atom. The highest BCUT2D eigenvalue weighted by atomic mass is 32.2. The van der Waals surface area contributed by atoms with Gasteiger partial charge in [-0.05, 0) is 23.6 Å². The van der Waals surface area contributed by atoms with Crippen molar-refractivity contribution < 1.29 is 22.6 Å². The van der Waals surface area contributed by atoms with E-state index in [0.717, 1.165) is 4.88 Å². The van der Waals surface area contributed by atoms with E-state index < -0.39 is 22.1 Å². The van der Waals surface area contributed by atoms with Gasteiger partial charge in [0.2, 0.25) is 15.8 Å². The van der Waals surface area contributed by atoms with Crippen molar-refractivity contribution in [1.29, 1.82) is 0 Å². The van der Waals surface area contributed by atoms with Gasteiger partial charge >= 0.3 is 0 Å². The Morgan fingerprint density at radius 1 is 1.48 bits per heavy atom. The first-order valence-electron chi connectivity index (χ1n) is 7.41. The van der Waals surface area contributed by atoms with Crippen LogP contribution in [0.15, 0.2) is 40.8 Å². The van der Waals surface area contributed by atoms with Crippen LogP contribution in [0.1, 0.15) is 0 Å². The van der Waals surface area contributed by atoms with E-state index in [2.05, 4.69) is 9.82 Å². The molecule has 3 rings (SSSR count). The number of rotatable bonds is 7. The van der Waals surface area contributed by atoms with Gasteiger partial charge in [0, 0.05) is 27.5 Å². The van der Waals surface area contributed by atoms with Crippen LogP contribution in [-0.4, -0.2) is 51.0 Å². The SMILES string of the molecule is COC1C=CC(CNS(=O)(=O)c2cn(C)nc2-c2cccs2)(OC)O1. The first kappa shape index (κ1) is 18.2. The summed E-state index contributed by atoms with van der Waals surface area (Å²) in [6, 6.07) is 3.68. The molecular formula is C15H19N3O5S2. The number of nitrogens with one attached hydrogen (secondary N) is 1. The lowest BCUT2D eigenvalue weighted by atomic mass is 10.3. The Balaban J connectivity index is 1.83. The van der Waals surface area contributed by atoms with E-state index in [1.54, 1.807) is 19.2 Å². The van der Waals surface area contributed by atoms with E-state index in [-0.39, 0.29) is 11.4 Å². The van der Waals surface area contributed by atoms with Crippen LogP contribution in [0.3, 0.4) is 0 Å². The molecule has 136 valence electrons. The molecule has 1 aliphatic heterocycles. The van der Waals surface area contributed by atoms with Crippen molar-refractivity contribution in [2.45, 2.75) is 17.0 Å². The van der Waals surface area contributed by atoms with Crippen LogP contribution in [0.5, 0.6) is 0 Å². The molecule has 0 radical (unpaired) electrons. The second kappa shape index (κ2) is 6.98. The number of aromatic nitrogens is 2. The lowest BCUT2D eigenvalue weighted by Gasteiger charge is -2.27. The molecule has 2 aromatic rings. The first-order valence-corrected chi connectivity index (χ1v) is 9.78. The highest BCUT2D eigenvalue weighted by Gasteiger charge is 2.38. The minimum atomic E-state index is -3.82. The zero-order valence-electron chi connectivity index (χ0n) is 14.0. The third kappa shape index (κ3) is 3.68. The van der Waals surface area contributed by atoms with E-state index in [1.165, 1.54) is 36.4 Å². The van der Waals surface area contributed by atoms with E-state index in [0.29, 0.717) is 5.69 Å². The summed E-state index contributed by atoms with van der Waals surface area (Å²) in [6.07, 6.45) is 4.19. The van der Waals surface area contributed by atoms with Gasteiger partial charge in [-0.1, -0.05) is 6.07 Å².